The van der Waals surface area contributed by atoms with Crippen molar-refractivity contribution in [3.05, 3.63) is 35.4 Å². The van der Waals surface area contributed by atoms with Gasteiger partial charge in [0.1, 0.15) is 0 Å². The predicted octanol–water partition coefficient (Wildman–Crippen LogP) is 2.50. The molecule has 0 saturated carbocycles. The first-order valence-electron chi connectivity index (χ1n) is 7.62. The van der Waals surface area contributed by atoms with Gasteiger partial charge in [-0.3, -0.25) is 9.69 Å². The molecular formula is C17H23N3O. The van der Waals surface area contributed by atoms with Crippen LogP contribution in [0.2, 0.25) is 0 Å². The van der Waals surface area contributed by atoms with E-state index in [1.54, 1.807) is 18.2 Å². The molecular weight excluding hydrogens is 262 g/mol. The molecule has 4 nitrogen and oxygen atoms in total. The molecule has 0 N–H and O–H groups in total. The minimum absolute atomic E-state index is 0.0194. The van der Waals surface area contributed by atoms with Gasteiger partial charge in [0.25, 0.3) is 5.91 Å². The second-order valence-corrected chi connectivity index (χ2v) is 5.80. The van der Waals surface area contributed by atoms with Crippen LogP contribution in [-0.4, -0.2) is 47.4 Å². The van der Waals surface area contributed by atoms with Crippen LogP contribution in [-0.2, 0) is 0 Å². The number of carbonyl (C=O) groups excluding carboxylic acids is 1. The lowest BCUT2D eigenvalue weighted by Crippen LogP contribution is -2.56. The van der Waals surface area contributed by atoms with Crippen molar-refractivity contribution in [2.75, 3.05) is 19.6 Å². The molecule has 1 unspecified atom stereocenters. The van der Waals surface area contributed by atoms with Crippen molar-refractivity contribution in [3.63, 3.8) is 0 Å². The number of benzene rings is 1. The second kappa shape index (κ2) is 6.73. The van der Waals surface area contributed by atoms with Crippen LogP contribution in [0.1, 0.15) is 43.1 Å². The number of carbonyl (C=O) groups is 1. The lowest BCUT2D eigenvalue weighted by atomic mass is 10.0. The molecule has 1 aliphatic rings. The maximum Gasteiger partial charge on any atom is 0.255 e. The van der Waals surface area contributed by atoms with Gasteiger partial charge in [0, 0.05) is 31.7 Å². The van der Waals surface area contributed by atoms with E-state index in [9.17, 15) is 4.79 Å². The number of rotatable bonds is 3. The predicted molar refractivity (Wildman–Crippen MR) is 83.0 cm³/mol. The Labute approximate surface area is 127 Å². The van der Waals surface area contributed by atoms with E-state index in [0.29, 0.717) is 23.2 Å². The molecule has 21 heavy (non-hydrogen) atoms. The largest absolute Gasteiger partial charge is 0.336 e. The van der Waals surface area contributed by atoms with Crippen molar-refractivity contribution in [1.82, 2.24) is 9.80 Å². The van der Waals surface area contributed by atoms with Crippen LogP contribution in [0.4, 0.5) is 0 Å². The number of piperazine rings is 1. The van der Waals surface area contributed by atoms with E-state index < -0.39 is 0 Å². The molecule has 0 radical (unpaired) electrons. The molecule has 4 heteroatoms. The Morgan fingerprint density at radius 3 is 2.71 bits per heavy atom. The van der Waals surface area contributed by atoms with Gasteiger partial charge in [-0.15, -0.1) is 0 Å². The maximum absolute atomic E-state index is 12.7. The molecule has 1 heterocycles. The summed E-state index contributed by atoms with van der Waals surface area (Å²) in [5.74, 6) is -0.0194. The standard InChI is InChI=1S/C17H23N3O/c1-4-15-12-19(9-10-20(15)13(2)3)17(21)16-8-6-5-7-14(16)11-18/h5-8,13,15H,4,9-10,12H2,1-3H3. The average Bonchev–Trinajstić information content (AvgIpc) is 2.53. The Kier molecular flexibility index (Phi) is 4.98. The van der Waals surface area contributed by atoms with Gasteiger partial charge in [-0.2, -0.15) is 5.26 Å². The normalized spacial score (nSPS) is 19.6. The Hall–Kier alpha value is -1.86. The lowest BCUT2D eigenvalue weighted by molar-refractivity contribution is 0.0371. The number of nitrogens with zero attached hydrogens (tertiary/aromatic N) is 3. The fourth-order valence-corrected chi connectivity index (χ4v) is 3.03. The van der Waals surface area contributed by atoms with Crippen molar-refractivity contribution >= 4 is 5.91 Å². The van der Waals surface area contributed by atoms with Crippen LogP contribution in [0.5, 0.6) is 0 Å². The van der Waals surface area contributed by atoms with Crippen LogP contribution in [0.3, 0.4) is 0 Å². The summed E-state index contributed by atoms with van der Waals surface area (Å²) in [5, 5.41) is 9.15. The minimum Gasteiger partial charge on any atom is -0.336 e. The summed E-state index contributed by atoms with van der Waals surface area (Å²) in [6.45, 7) is 8.94. The molecule has 0 aromatic heterocycles. The highest BCUT2D eigenvalue weighted by molar-refractivity contribution is 5.96. The zero-order valence-corrected chi connectivity index (χ0v) is 13.0. The summed E-state index contributed by atoms with van der Waals surface area (Å²) in [6.07, 6.45) is 1.03. The summed E-state index contributed by atoms with van der Waals surface area (Å²) in [6, 6.07) is 10.1. The highest BCUT2D eigenvalue weighted by Crippen LogP contribution is 2.19. The third kappa shape index (κ3) is 3.25. The van der Waals surface area contributed by atoms with Crippen LogP contribution < -0.4 is 0 Å². The van der Waals surface area contributed by atoms with Gasteiger partial charge in [-0.25, -0.2) is 0 Å². The van der Waals surface area contributed by atoms with Crippen molar-refractivity contribution in [3.8, 4) is 6.07 Å². The van der Waals surface area contributed by atoms with Gasteiger partial charge in [-0.05, 0) is 32.4 Å². The summed E-state index contributed by atoms with van der Waals surface area (Å²) >= 11 is 0. The highest BCUT2D eigenvalue weighted by atomic mass is 16.2. The molecule has 1 saturated heterocycles. The topological polar surface area (TPSA) is 47.3 Å². The molecule has 0 bridgehead atoms. The first-order chi connectivity index (χ1) is 10.1. The number of nitriles is 1. The van der Waals surface area contributed by atoms with Crippen LogP contribution in [0.25, 0.3) is 0 Å². The molecule has 0 aliphatic carbocycles. The van der Waals surface area contributed by atoms with Gasteiger partial charge >= 0.3 is 0 Å². The molecule has 1 aromatic carbocycles. The van der Waals surface area contributed by atoms with E-state index in [4.69, 9.17) is 5.26 Å². The summed E-state index contributed by atoms with van der Waals surface area (Å²) in [5.41, 5.74) is 0.981. The van der Waals surface area contributed by atoms with E-state index >= 15 is 0 Å². The van der Waals surface area contributed by atoms with Gasteiger partial charge in [0.15, 0.2) is 0 Å². The van der Waals surface area contributed by atoms with Gasteiger partial charge < -0.3 is 4.90 Å². The van der Waals surface area contributed by atoms with E-state index in [2.05, 4.69) is 31.7 Å². The number of hydrogen-bond donors (Lipinski definition) is 0. The Balaban J connectivity index is 2.16. The fraction of sp³-hybridized carbons (Fsp3) is 0.529. The van der Waals surface area contributed by atoms with Crippen molar-refractivity contribution in [2.45, 2.75) is 39.3 Å². The minimum atomic E-state index is -0.0194. The molecule has 1 atom stereocenters. The monoisotopic (exact) mass is 285 g/mol. The molecule has 1 aromatic rings. The van der Waals surface area contributed by atoms with Crippen LogP contribution in [0.15, 0.2) is 24.3 Å². The van der Waals surface area contributed by atoms with E-state index in [1.165, 1.54) is 0 Å². The molecule has 2 rings (SSSR count). The lowest BCUT2D eigenvalue weighted by Gasteiger charge is -2.43. The Morgan fingerprint density at radius 1 is 1.38 bits per heavy atom. The van der Waals surface area contributed by atoms with Crippen LogP contribution >= 0.6 is 0 Å². The first-order valence-corrected chi connectivity index (χ1v) is 7.62. The van der Waals surface area contributed by atoms with Gasteiger partial charge in [-0.1, -0.05) is 19.1 Å². The molecule has 0 spiro atoms. The third-order valence-corrected chi connectivity index (χ3v) is 4.23. The summed E-state index contributed by atoms with van der Waals surface area (Å²) in [4.78, 5) is 17.0. The number of hydrogen-bond acceptors (Lipinski definition) is 3. The average molecular weight is 285 g/mol. The maximum atomic E-state index is 12.7. The molecule has 1 fully saturated rings. The second-order valence-electron chi connectivity index (χ2n) is 5.80. The first kappa shape index (κ1) is 15.5. The number of amides is 1. The smallest absolute Gasteiger partial charge is 0.255 e. The van der Waals surface area contributed by atoms with Gasteiger partial charge in [0.05, 0.1) is 17.2 Å². The van der Waals surface area contributed by atoms with E-state index in [1.807, 2.05) is 11.0 Å². The molecule has 1 amide bonds. The Bertz CT molecular complexity index is 547. The summed E-state index contributed by atoms with van der Waals surface area (Å²) < 4.78 is 0. The fourth-order valence-electron chi connectivity index (χ4n) is 3.03. The SMILES string of the molecule is CCC1CN(C(=O)c2ccccc2C#N)CCN1C(C)C. The Morgan fingerprint density at radius 2 is 2.10 bits per heavy atom. The molecule has 1 aliphatic heterocycles. The van der Waals surface area contributed by atoms with Crippen molar-refractivity contribution in [2.24, 2.45) is 0 Å². The zero-order valence-electron chi connectivity index (χ0n) is 13.0. The quantitative estimate of drug-likeness (QED) is 0.857. The van der Waals surface area contributed by atoms with E-state index in [0.717, 1.165) is 26.1 Å². The highest BCUT2D eigenvalue weighted by Gasteiger charge is 2.30. The van der Waals surface area contributed by atoms with Crippen molar-refractivity contribution < 1.29 is 4.79 Å². The van der Waals surface area contributed by atoms with Crippen LogP contribution in [0, 0.1) is 11.3 Å². The van der Waals surface area contributed by atoms with E-state index in [-0.39, 0.29) is 5.91 Å². The summed E-state index contributed by atoms with van der Waals surface area (Å²) in [7, 11) is 0. The third-order valence-electron chi connectivity index (χ3n) is 4.23. The van der Waals surface area contributed by atoms with Crippen molar-refractivity contribution in [1.29, 1.82) is 5.26 Å². The zero-order chi connectivity index (χ0) is 15.4. The van der Waals surface area contributed by atoms with Gasteiger partial charge in [0.2, 0.25) is 0 Å². The molecule has 112 valence electrons.